The Morgan fingerprint density at radius 1 is 1.00 bits per heavy atom. The molecule has 0 bridgehead atoms. The number of benzene rings is 1. The van der Waals surface area contributed by atoms with E-state index in [1.807, 2.05) is 0 Å². The molecule has 4 nitrogen and oxygen atoms in total. The number of nitrogens with zero attached hydrogens (tertiary/aromatic N) is 3. The Balaban J connectivity index is 1.60. The third-order valence-electron chi connectivity index (χ3n) is 5.70. The van der Waals surface area contributed by atoms with Crippen molar-refractivity contribution in [3.8, 4) is 0 Å². The Labute approximate surface area is 142 Å². The number of piperidine rings is 1. The van der Waals surface area contributed by atoms with Crippen molar-refractivity contribution in [2.24, 2.45) is 5.92 Å². The molecule has 0 radical (unpaired) electrons. The Kier molecular flexibility index (Phi) is 4.28. The zero-order valence-electron chi connectivity index (χ0n) is 13.8. The highest BCUT2D eigenvalue weighted by atomic mass is 16.2. The Hall–Kier alpha value is -2.23. The zero-order chi connectivity index (χ0) is 16.4. The van der Waals surface area contributed by atoms with Crippen molar-refractivity contribution in [1.82, 2.24) is 15.1 Å². The molecular weight excluding hydrogens is 298 g/mol. The topological polar surface area (TPSA) is 46.1 Å². The molecule has 2 aliphatic rings. The van der Waals surface area contributed by atoms with Gasteiger partial charge < -0.3 is 4.90 Å². The largest absolute Gasteiger partial charge is 0.335 e. The SMILES string of the molecule is O=C(c1ccnnc1)N1CC[C@H](c2ccccc2)C2CCCC[C@H]21. The summed E-state index contributed by atoms with van der Waals surface area (Å²) in [5.41, 5.74) is 2.10. The van der Waals surface area contributed by atoms with Gasteiger partial charge in [-0.15, -0.1) is 0 Å². The van der Waals surface area contributed by atoms with Gasteiger partial charge in [-0.2, -0.15) is 10.2 Å². The van der Waals surface area contributed by atoms with Gasteiger partial charge in [0.1, 0.15) is 0 Å². The van der Waals surface area contributed by atoms with E-state index in [0.29, 0.717) is 23.4 Å². The molecule has 1 aliphatic carbocycles. The molecule has 1 aromatic heterocycles. The first kappa shape index (κ1) is 15.3. The molecular formula is C20H23N3O. The molecule has 2 heterocycles. The summed E-state index contributed by atoms with van der Waals surface area (Å²) in [6.45, 7) is 0.835. The Morgan fingerprint density at radius 2 is 1.83 bits per heavy atom. The minimum absolute atomic E-state index is 0.119. The van der Waals surface area contributed by atoms with Crippen LogP contribution in [0, 0.1) is 5.92 Å². The molecule has 0 spiro atoms. The second kappa shape index (κ2) is 6.71. The molecule has 1 aromatic carbocycles. The van der Waals surface area contributed by atoms with Crippen molar-refractivity contribution in [1.29, 1.82) is 0 Å². The summed E-state index contributed by atoms with van der Waals surface area (Å²) in [7, 11) is 0. The fraction of sp³-hybridized carbons (Fsp3) is 0.450. The van der Waals surface area contributed by atoms with Gasteiger partial charge in [-0.05, 0) is 42.7 Å². The first-order valence-electron chi connectivity index (χ1n) is 8.97. The van der Waals surface area contributed by atoms with Gasteiger partial charge in [-0.3, -0.25) is 4.79 Å². The summed E-state index contributed by atoms with van der Waals surface area (Å²) in [4.78, 5) is 15.1. The van der Waals surface area contributed by atoms with E-state index in [1.54, 1.807) is 18.5 Å². The van der Waals surface area contributed by atoms with Crippen molar-refractivity contribution in [2.75, 3.05) is 6.54 Å². The van der Waals surface area contributed by atoms with E-state index in [4.69, 9.17) is 0 Å². The van der Waals surface area contributed by atoms with Crippen molar-refractivity contribution in [3.63, 3.8) is 0 Å². The molecule has 2 fully saturated rings. The lowest BCUT2D eigenvalue weighted by Gasteiger charge is -2.48. The molecule has 1 saturated carbocycles. The van der Waals surface area contributed by atoms with E-state index >= 15 is 0 Å². The van der Waals surface area contributed by atoms with Crippen LogP contribution >= 0.6 is 0 Å². The van der Waals surface area contributed by atoms with Gasteiger partial charge in [0.15, 0.2) is 0 Å². The highest BCUT2D eigenvalue weighted by molar-refractivity contribution is 5.94. The summed E-state index contributed by atoms with van der Waals surface area (Å²) in [6, 6.07) is 13.0. The number of carbonyl (C=O) groups excluding carboxylic acids is 1. The Bertz CT molecular complexity index is 689. The van der Waals surface area contributed by atoms with Gasteiger partial charge in [0.2, 0.25) is 0 Å². The highest BCUT2D eigenvalue weighted by Crippen LogP contribution is 2.44. The number of fused-ring (bicyclic) bond motifs is 1. The smallest absolute Gasteiger partial charge is 0.255 e. The number of hydrogen-bond donors (Lipinski definition) is 0. The molecule has 24 heavy (non-hydrogen) atoms. The molecule has 1 aliphatic heterocycles. The van der Waals surface area contributed by atoms with Crippen LogP contribution in [-0.2, 0) is 0 Å². The maximum Gasteiger partial charge on any atom is 0.255 e. The second-order valence-corrected chi connectivity index (χ2v) is 6.95. The van der Waals surface area contributed by atoms with E-state index in [1.165, 1.54) is 24.8 Å². The number of rotatable bonds is 2. The van der Waals surface area contributed by atoms with E-state index in [9.17, 15) is 4.79 Å². The molecule has 1 unspecified atom stereocenters. The normalized spacial score (nSPS) is 26.7. The minimum atomic E-state index is 0.119. The van der Waals surface area contributed by atoms with Crippen LogP contribution in [0.25, 0.3) is 0 Å². The molecule has 1 amide bonds. The van der Waals surface area contributed by atoms with Crippen LogP contribution in [0.15, 0.2) is 48.8 Å². The number of amides is 1. The summed E-state index contributed by atoms with van der Waals surface area (Å²) in [6.07, 6.45) is 9.09. The van der Waals surface area contributed by atoms with Gasteiger partial charge in [0, 0.05) is 12.6 Å². The minimum Gasteiger partial charge on any atom is -0.335 e. The second-order valence-electron chi connectivity index (χ2n) is 6.95. The third kappa shape index (κ3) is 2.81. The standard InChI is InChI=1S/C20H23N3O/c24-20(16-10-12-21-22-14-16)23-13-11-17(15-6-2-1-3-7-15)18-8-4-5-9-19(18)23/h1-3,6-7,10,12,14,17-19H,4-5,8-9,11,13H2/t17-,18?,19-/m1/s1. The lowest BCUT2D eigenvalue weighted by molar-refractivity contribution is 0.0318. The average Bonchev–Trinajstić information content (AvgIpc) is 2.68. The zero-order valence-corrected chi connectivity index (χ0v) is 13.8. The van der Waals surface area contributed by atoms with Gasteiger partial charge in [0.25, 0.3) is 5.91 Å². The fourth-order valence-corrected chi connectivity index (χ4v) is 4.60. The molecule has 0 N–H and O–H groups in total. The molecule has 2 aromatic rings. The first-order valence-corrected chi connectivity index (χ1v) is 8.97. The lowest BCUT2D eigenvalue weighted by atomic mass is 9.69. The number of carbonyl (C=O) groups is 1. The number of likely N-dealkylation sites (tertiary alicyclic amines) is 1. The predicted octanol–water partition coefficient (Wildman–Crippen LogP) is 3.67. The van der Waals surface area contributed by atoms with Crippen LogP contribution in [-0.4, -0.2) is 33.6 Å². The molecule has 4 rings (SSSR count). The van der Waals surface area contributed by atoms with Crippen LogP contribution < -0.4 is 0 Å². The van der Waals surface area contributed by atoms with Gasteiger partial charge in [-0.1, -0.05) is 43.2 Å². The van der Waals surface area contributed by atoms with Gasteiger partial charge >= 0.3 is 0 Å². The summed E-state index contributed by atoms with van der Waals surface area (Å²) in [5.74, 6) is 1.28. The summed E-state index contributed by atoms with van der Waals surface area (Å²) >= 11 is 0. The van der Waals surface area contributed by atoms with Crippen LogP contribution in [0.3, 0.4) is 0 Å². The van der Waals surface area contributed by atoms with E-state index < -0.39 is 0 Å². The van der Waals surface area contributed by atoms with Crippen molar-refractivity contribution in [2.45, 2.75) is 44.1 Å². The Morgan fingerprint density at radius 3 is 2.62 bits per heavy atom. The number of hydrogen-bond acceptors (Lipinski definition) is 3. The molecule has 124 valence electrons. The van der Waals surface area contributed by atoms with Gasteiger partial charge in [-0.25, -0.2) is 0 Å². The maximum atomic E-state index is 13.0. The van der Waals surface area contributed by atoms with Crippen LogP contribution in [0.4, 0.5) is 0 Å². The fourth-order valence-electron chi connectivity index (χ4n) is 4.60. The van der Waals surface area contributed by atoms with E-state index in [-0.39, 0.29) is 5.91 Å². The third-order valence-corrected chi connectivity index (χ3v) is 5.70. The average molecular weight is 321 g/mol. The van der Waals surface area contributed by atoms with Crippen molar-refractivity contribution in [3.05, 3.63) is 59.9 Å². The van der Waals surface area contributed by atoms with Crippen LogP contribution in [0.1, 0.15) is 53.9 Å². The van der Waals surface area contributed by atoms with Crippen molar-refractivity contribution >= 4 is 5.91 Å². The molecule has 1 saturated heterocycles. The van der Waals surface area contributed by atoms with Crippen molar-refractivity contribution < 1.29 is 4.79 Å². The van der Waals surface area contributed by atoms with Crippen LogP contribution in [0.5, 0.6) is 0 Å². The molecule has 3 atom stereocenters. The van der Waals surface area contributed by atoms with E-state index in [2.05, 4.69) is 45.4 Å². The maximum absolute atomic E-state index is 13.0. The lowest BCUT2D eigenvalue weighted by Crippen LogP contribution is -2.52. The monoisotopic (exact) mass is 321 g/mol. The highest BCUT2D eigenvalue weighted by Gasteiger charge is 2.41. The first-order chi connectivity index (χ1) is 11.8. The predicted molar refractivity (Wildman–Crippen MR) is 92.6 cm³/mol. The molecule has 4 heteroatoms. The van der Waals surface area contributed by atoms with Crippen LogP contribution in [0.2, 0.25) is 0 Å². The van der Waals surface area contributed by atoms with Gasteiger partial charge in [0.05, 0.1) is 18.0 Å². The number of aromatic nitrogens is 2. The summed E-state index contributed by atoms with van der Waals surface area (Å²) in [5, 5.41) is 7.66. The van der Waals surface area contributed by atoms with E-state index in [0.717, 1.165) is 19.4 Å². The summed E-state index contributed by atoms with van der Waals surface area (Å²) < 4.78 is 0. The quantitative estimate of drug-likeness (QED) is 0.848.